The van der Waals surface area contributed by atoms with Gasteiger partial charge in [-0.2, -0.15) is 0 Å². The van der Waals surface area contributed by atoms with Crippen molar-refractivity contribution in [1.29, 1.82) is 0 Å². The van der Waals surface area contributed by atoms with Gasteiger partial charge in [-0.15, -0.1) is 0 Å². The highest BCUT2D eigenvalue weighted by atomic mass is 16.5. The number of hydrogen-bond donors (Lipinski definition) is 0. The number of ether oxygens (including phenoxy) is 1. The molecular formula is C15H22O. The fourth-order valence-corrected chi connectivity index (χ4v) is 5.37. The highest BCUT2D eigenvalue weighted by Gasteiger charge is 2.67. The van der Waals surface area contributed by atoms with Gasteiger partial charge in [-0.1, -0.05) is 18.1 Å². The van der Waals surface area contributed by atoms with Crippen molar-refractivity contribution in [3.05, 3.63) is 11.1 Å². The fraction of sp³-hybridized carbons (Fsp3) is 0.867. The van der Waals surface area contributed by atoms with Crippen LogP contribution in [0.2, 0.25) is 0 Å². The van der Waals surface area contributed by atoms with E-state index in [-0.39, 0.29) is 0 Å². The van der Waals surface area contributed by atoms with E-state index in [4.69, 9.17) is 4.74 Å². The van der Waals surface area contributed by atoms with E-state index in [1.807, 2.05) is 7.11 Å². The van der Waals surface area contributed by atoms with E-state index in [0.717, 1.165) is 11.8 Å². The number of hydrogen-bond acceptors (Lipinski definition) is 1. The Morgan fingerprint density at radius 1 is 1.31 bits per heavy atom. The van der Waals surface area contributed by atoms with Crippen LogP contribution in [0.3, 0.4) is 0 Å². The molecule has 5 aliphatic carbocycles. The summed E-state index contributed by atoms with van der Waals surface area (Å²) in [5, 5.41) is 0. The molecule has 5 rings (SSSR count). The van der Waals surface area contributed by atoms with Crippen LogP contribution in [-0.4, -0.2) is 13.2 Å². The largest absolute Gasteiger partial charge is 0.380 e. The Kier molecular flexibility index (Phi) is 1.56. The second kappa shape index (κ2) is 2.58. The molecule has 0 radical (unpaired) electrons. The zero-order valence-electron chi connectivity index (χ0n) is 10.7. The highest BCUT2D eigenvalue weighted by Crippen LogP contribution is 2.73. The minimum atomic E-state index is 0.518. The molecule has 0 aromatic carbocycles. The van der Waals surface area contributed by atoms with Crippen molar-refractivity contribution in [2.75, 3.05) is 7.11 Å². The normalized spacial score (nSPS) is 57.6. The van der Waals surface area contributed by atoms with Gasteiger partial charge in [-0.05, 0) is 56.3 Å². The van der Waals surface area contributed by atoms with Gasteiger partial charge < -0.3 is 4.74 Å². The van der Waals surface area contributed by atoms with Crippen molar-refractivity contribution in [2.45, 2.75) is 52.1 Å². The van der Waals surface area contributed by atoms with Crippen LogP contribution in [0.5, 0.6) is 0 Å². The fourth-order valence-electron chi connectivity index (χ4n) is 5.37. The lowest BCUT2D eigenvalue weighted by Crippen LogP contribution is -2.44. The minimum Gasteiger partial charge on any atom is -0.380 e. The van der Waals surface area contributed by atoms with Gasteiger partial charge in [0.1, 0.15) is 0 Å². The monoisotopic (exact) mass is 218 g/mol. The molecule has 3 atom stereocenters. The molecule has 5 aliphatic rings. The maximum atomic E-state index is 5.90. The van der Waals surface area contributed by atoms with Gasteiger partial charge in [0.2, 0.25) is 0 Å². The quantitative estimate of drug-likeness (QED) is 0.612. The Balaban J connectivity index is 1.86. The Hall–Kier alpha value is -0.300. The van der Waals surface area contributed by atoms with E-state index >= 15 is 0 Å². The first kappa shape index (κ1) is 9.70. The Morgan fingerprint density at radius 3 is 2.75 bits per heavy atom. The average Bonchev–Trinajstić information content (AvgIpc) is 2.78. The molecule has 0 saturated heterocycles. The Labute approximate surface area is 98.2 Å². The summed E-state index contributed by atoms with van der Waals surface area (Å²) in [6, 6.07) is 0. The molecule has 3 fully saturated rings. The van der Waals surface area contributed by atoms with Crippen molar-refractivity contribution < 1.29 is 4.74 Å². The van der Waals surface area contributed by atoms with E-state index in [2.05, 4.69) is 13.8 Å². The molecule has 3 unspecified atom stereocenters. The zero-order valence-corrected chi connectivity index (χ0v) is 10.7. The predicted octanol–water partition coefficient (Wildman–Crippen LogP) is 3.55. The van der Waals surface area contributed by atoms with E-state index in [9.17, 15) is 0 Å². The summed E-state index contributed by atoms with van der Waals surface area (Å²) >= 11 is 0. The van der Waals surface area contributed by atoms with E-state index in [1.54, 1.807) is 11.1 Å². The van der Waals surface area contributed by atoms with Crippen molar-refractivity contribution in [2.24, 2.45) is 22.7 Å². The van der Waals surface area contributed by atoms with Crippen LogP contribution < -0.4 is 0 Å². The molecule has 3 saturated carbocycles. The van der Waals surface area contributed by atoms with Crippen LogP contribution in [0.4, 0.5) is 0 Å². The summed E-state index contributed by atoms with van der Waals surface area (Å²) in [7, 11) is 1.94. The van der Waals surface area contributed by atoms with Gasteiger partial charge in [-0.25, -0.2) is 0 Å². The lowest BCUT2D eigenvalue weighted by molar-refractivity contribution is -0.0372. The second-order valence-electron chi connectivity index (χ2n) is 7.02. The first-order valence-corrected chi connectivity index (χ1v) is 6.84. The van der Waals surface area contributed by atoms with Crippen LogP contribution >= 0.6 is 0 Å². The molecule has 0 N–H and O–H groups in total. The zero-order chi connectivity index (χ0) is 11.1. The third-order valence-electron chi connectivity index (χ3n) is 6.47. The molecule has 0 aliphatic heterocycles. The van der Waals surface area contributed by atoms with Crippen LogP contribution in [-0.2, 0) is 4.74 Å². The van der Waals surface area contributed by atoms with E-state index in [1.165, 1.54) is 32.1 Å². The van der Waals surface area contributed by atoms with Gasteiger partial charge in [0, 0.05) is 12.5 Å². The molecule has 1 spiro atoms. The smallest absolute Gasteiger partial charge is 0.0698 e. The molecule has 4 bridgehead atoms. The SMILES string of the molecule is COC1C2CCC13CC3=C(C)C1(C)CC2C1. The van der Waals surface area contributed by atoms with Gasteiger partial charge >= 0.3 is 0 Å². The molecule has 0 aromatic rings. The molecule has 16 heavy (non-hydrogen) atoms. The lowest BCUT2D eigenvalue weighted by Gasteiger charge is -2.51. The molecule has 0 amide bonds. The third-order valence-corrected chi connectivity index (χ3v) is 6.47. The number of allylic oxidation sites excluding steroid dienone is 1. The van der Waals surface area contributed by atoms with Crippen LogP contribution in [0.1, 0.15) is 46.0 Å². The summed E-state index contributed by atoms with van der Waals surface area (Å²) in [5.74, 6) is 1.84. The average molecular weight is 218 g/mol. The van der Waals surface area contributed by atoms with E-state index < -0.39 is 0 Å². The van der Waals surface area contributed by atoms with Crippen molar-refractivity contribution in [1.82, 2.24) is 0 Å². The summed E-state index contributed by atoms with van der Waals surface area (Å²) in [4.78, 5) is 0. The maximum Gasteiger partial charge on any atom is 0.0698 e. The number of rotatable bonds is 1. The topological polar surface area (TPSA) is 9.23 Å². The van der Waals surface area contributed by atoms with Crippen molar-refractivity contribution >= 4 is 0 Å². The maximum absolute atomic E-state index is 5.90. The number of methoxy groups -OCH3 is 1. The Morgan fingerprint density at radius 2 is 2.06 bits per heavy atom. The van der Waals surface area contributed by atoms with Gasteiger partial charge in [0.15, 0.2) is 0 Å². The van der Waals surface area contributed by atoms with Gasteiger partial charge in [-0.3, -0.25) is 0 Å². The summed E-state index contributed by atoms with van der Waals surface area (Å²) in [6.07, 6.45) is 7.63. The van der Waals surface area contributed by atoms with E-state index in [0.29, 0.717) is 16.9 Å². The lowest BCUT2D eigenvalue weighted by atomic mass is 9.54. The summed E-state index contributed by atoms with van der Waals surface area (Å²) in [6.45, 7) is 4.90. The van der Waals surface area contributed by atoms with Gasteiger partial charge in [0.05, 0.1) is 6.10 Å². The minimum absolute atomic E-state index is 0.518. The molecule has 1 heteroatoms. The molecule has 0 aromatic heterocycles. The highest BCUT2D eigenvalue weighted by molar-refractivity contribution is 5.45. The molecular weight excluding hydrogens is 196 g/mol. The van der Waals surface area contributed by atoms with Gasteiger partial charge in [0.25, 0.3) is 0 Å². The summed E-state index contributed by atoms with van der Waals surface area (Å²) < 4.78 is 5.90. The molecule has 0 heterocycles. The first-order valence-electron chi connectivity index (χ1n) is 6.84. The molecule has 88 valence electrons. The second-order valence-corrected chi connectivity index (χ2v) is 7.02. The van der Waals surface area contributed by atoms with Crippen LogP contribution in [0.15, 0.2) is 11.1 Å². The Bertz CT molecular complexity index is 388. The van der Waals surface area contributed by atoms with Crippen molar-refractivity contribution in [3.8, 4) is 0 Å². The molecule has 1 nitrogen and oxygen atoms in total. The van der Waals surface area contributed by atoms with Crippen molar-refractivity contribution in [3.63, 3.8) is 0 Å². The van der Waals surface area contributed by atoms with Crippen LogP contribution in [0, 0.1) is 22.7 Å². The summed E-state index contributed by atoms with van der Waals surface area (Å²) in [5.41, 5.74) is 4.63. The van der Waals surface area contributed by atoms with Crippen LogP contribution in [0.25, 0.3) is 0 Å². The third kappa shape index (κ3) is 0.860. The first-order chi connectivity index (χ1) is 7.61. The predicted molar refractivity (Wildman–Crippen MR) is 64.1 cm³/mol. The standard InChI is InChI=1S/C15H22O/c1-9-12-8-15(12)5-4-11(13(15)16-3)10-6-14(9,2)7-10/h10-11,13H,4-8H2,1-3H3.